The van der Waals surface area contributed by atoms with Crippen molar-refractivity contribution < 1.29 is 9.32 Å². The summed E-state index contributed by atoms with van der Waals surface area (Å²) in [4.78, 5) is 19.6. The van der Waals surface area contributed by atoms with E-state index in [1.807, 2.05) is 52.1 Å². The first-order valence-corrected chi connectivity index (χ1v) is 10.7. The number of carbonyl (C=O) groups is 1. The minimum Gasteiger partial charge on any atom is -0.367 e. The summed E-state index contributed by atoms with van der Waals surface area (Å²) >= 11 is 0. The van der Waals surface area contributed by atoms with Crippen LogP contribution in [0.2, 0.25) is 0 Å². The smallest absolute Gasteiger partial charge is 0.256 e. The second-order valence-electron chi connectivity index (χ2n) is 9.36. The molecule has 0 spiro atoms. The van der Waals surface area contributed by atoms with E-state index in [9.17, 15) is 4.79 Å². The number of nitrogens with one attached hydrogen (secondary N) is 2. The number of H-pyrrole nitrogens is 1. The maximum Gasteiger partial charge on any atom is 0.256 e. The van der Waals surface area contributed by atoms with Crippen molar-refractivity contribution in [1.29, 1.82) is 0 Å². The van der Waals surface area contributed by atoms with Crippen LogP contribution in [0.1, 0.15) is 53.7 Å². The van der Waals surface area contributed by atoms with Gasteiger partial charge in [-0.25, -0.2) is 4.98 Å². The fraction of sp³-hybridized carbons (Fsp3) is 0.333. The van der Waals surface area contributed by atoms with Gasteiger partial charge in [-0.3, -0.25) is 9.89 Å². The van der Waals surface area contributed by atoms with Crippen LogP contribution in [0.4, 0.5) is 11.5 Å². The van der Waals surface area contributed by atoms with Gasteiger partial charge in [0.05, 0.1) is 0 Å². The van der Waals surface area contributed by atoms with Gasteiger partial charge in [0.25, 0.3) is 5.91 Å². The minimum absolute atomic E-state index is 0.170. The van der Waals surface area contributed by atoms with Gasteiger partial charge in [0.1, 0.15) is 5.76 Å². The highest BCUT2D eigenvalue weighted by Crippen LogP contribution is 2.31. The first-order chi connectivity index (χ1) is 15.3. The summed E-state index contributed by atoms with van der Waals surface area (Å²) in [7, 11) is 0. The molecule has 0 unspecified atom stereocenters. The number of pyridine rings is 1. The number of aromatic nitrogens is 4. The predicted octanol–water partition coefficient (Wildman–Crippen LogP) is 4.37. The Balaban J connectivity index is 1.35. The van der Waals surface area contributed by atoms with Crippen LogP contribution in [0.3, 0.4) is 0 Å². The van der Waals surface area contributed by atoms with Crippen LogP contribution in [0.25, 0.3) is 11.0 Å². The molecule has 5 rings (SSSR count). The standard InChI is InChI=1S/C24H26N6O2/c1-14-18-9-15(12-25-22(18)28-27-14)13-30-8-7-16-5-6-17(10-19(16)30)23(31)26-21-11-20(32-29-21)24(2,3)4/h5-6,9-12H,7-8,13H2,1-4H3,(H,25,27,28)(H,26,29,31). The lowest BCUT2D eigenvalue weighted by Crippen LogP contribution is -2.20. The molecule has 0 aliphatic carbocycles. The Labute approximate surface area is 186 Å². The molecular weight excluding hydrogens is 404 g/mol. The van der Waals surface area contributed by atoms with Gasteiger partial charge in [-0.05, 0) is 42.7 Å². The highest BCUT2D eigenvalue weighted by Gasteiger charge is 2.23. The van der Waals surface area contributed by atoms with Crippen LogP contribution >= 0.6 is 0 Å². The van der Waals surface area contributed by atoms with Gasteiger partial charge >= 0.3 is 0 Å². The fourth-order valence-corrected chi connectivity index (χ4v) is 4.00. The van der Waals surface area contributed by atoms with Gasteiger partial charge in [0.2, 0.25) is 0 Å². The average molecular weight is 431 g/mol. The third-order valence-electron chi connectivity index (χ3n) is 5.86. The quantitative estimate of drug-likeness (QED) is 0.499. The van der Waals surface area contributed by atoms with Crippen molar-refractivity contribution in [3.8, 4) is 0 Å². The van der Waals surface area contributed by atoms with Gasteiger partial charge in [-0.1, -0.05) is 32.0 Å². The molecular formula is C24H26N6O2. The lowest BCUT2D eigenvalue weighted by Gasteiger charge is -2.20. The van der Waals surface area contributed by atoms with Crippen LogP contribution in [0.15, 0.2) is 41.1 Å². The number of hydrogen-bond donors (Lipinski definition) is 2. The van der Waals surface area contributed by atoms with Crippen molar-refractivity contribution in [1.82, 2.24) is 20.3 Å². The topological polar surface area (TPSA) is 99.9 Å². The SMILES string of the molecule is Cc1[nH]nc2ncc(CN3CCc4ccc(C(=O)Nc5cc(C(C)(C)C)on5)cc43)cc12. The van der Waals surface area contributed by atoms with Gasteiger partial charge in [0, 0.05) is 53.1 Å². The molecule has 0 fully saturated rings. The van der Waals surface area contributed by atoms with Crippen LogP contribution in [-0.2, 0) is 18.4 Å². The molecule has 4 heterocycles. The molecule has 32 heavy (non-hydrogen) atoms. The Morgan fingerprint density at radius 3 is 2.88 bits per heavy atom. The van der Waals surface area contributed by atoms with Crippen molar-refractivity contribution in [3.05, 3.63) is 64.7 Å². The number of aromatic amines is 1. The lowest BCUT2D eigenvalue weighted by molar-refractivity contribution is 0.102. The third kappa shape index (κ3) is 3.72. The van der Waals surface area contributed by atoms with Crippen LogP contribution in [0, 0.1) is 6.92 Å². The summed E-state index contributed by atoms with van der Waals surface area (Å²) in [5.41, 5.74) is 5.60. The van der Waals surface area contributed by atoms with Crippen molar-refractivity contribution >= 4 is 28.4 Å². The fourth-order valence-electron chi connectivity index (χ4n) is 4.00. The molecule has 8 nitrogen and oxygen atoms in total. The summed E-state index contributed by atoms with van der Waals surface area (Å²) < 4.78 is 5.37. The van der Waals surface area contributed by atoms with Gasteiger partial charge in [-0.2, -0.15) is 5.10 Å². The highest BCUT2D eigenvalue weighted by molar-refractivity contribution is 6.04. The molecule has 0 radical (unpaired) electrons. The van der Waals surface area contributed by atoms with E-state index in [1.54, 1.807) is 6.07 Å². The van der Waals surface area contributed by atoms with E-state index in [4.69, 9.17) is 4.52 Å². The molecule has 1 aromatic carbocycles. The van der Waals surface area contributed by atoms with E-state index in [2.05, 4.69) is 36.6 Å². The summed E-state index contributed by atoms with van der Waals surface area (Å²) in [5, 5.41) is 15.1. The third-order valence-corrected chi connectivity index (χ3v) is 5.86. The molecule has 8 heteroatoms. The molecule has 1 amide bonds. The molecule has 0 saturated heterocycles. The molecule has 0 atom stereocenters. The van der Waals surface area contributed by atoms with E-state index < -0.39 is 0 Å². The monoisotopic (exact) mass is 430 g/mol. The number of rotatable bonds is 4. The van der Waals surface area contributed by atoms with Crippen LogP contribution in [0.5, 0.6) is 0 Å². The molecule has 4 aromatic rings. The Bertz CT molecular complexity index is 1310. The largest absolute Gasteiger partial charge is 0.367 e. The molecule has 2 N–H and O–H groups in total. The average Bonchev–Trinajstić information content (AvgIpc) is 3.47. The Kier molecular flexibility index (Phi) is 4.73. The first-order valence-electron chi connectivity index (χ1n) is 10.7. The summed E-state index contributed by atoms with van der Waals surface area (Å²) in [6.45, 7) is 9.74. The van der Waals surface area contributed by atoms with E-state index >= 15 is 0 Å². The minimum atomic E-state index is -0.203. The maximum atomic E-state index is 12.9. The Morgan fingerprint density at radius 2 is 2.09 bits per heavy atom. The van der Waals surface area contributed by atoms with E-state index in [1.165, 1.54) is 5.56 Å². The highest BCUT2D eigenvalue weighted by atomic mass is 16.5. The number of fused-ring (bicyclic) bond motifs is 2. The number of nitrogens with zero attached hydrogens (tertiary/aromatic N) is 4. The number of carbonyl (C=O) groups excluding carboxylic acids is 1. The van der Waals surface area contributed by atoms with Crippen molar-refractivity contribution in [2.24, 2.45) is 0 Å². The van der Waals surface area contributed by atoms with E-state index in [0.29, 0.717) is 11.4 Å². The molecule has 1 aliphatic heterocycles. The number of benzene rings is 1. The Hall–Kier alpha value is -3.68. The van der Waals surface area contributed by atoms with E-state index in [0.717, 1.165) is 53.2 Å². The number of amides is 1. The van der Waals surface area contributed by atoms with Gasteiger partial charge in [0.15, 0.2) is 11.5 Å². The second-order valence-corrected chi connectivity index (χ2v) is 9.36. The number of hydrogen-bond acceptors (Lipinski definition) is 6. The number of anilines is 2. The molecule has 164 valence electrons. The number of aryl methyl sites for hydroxylation is 1. The Morgan fingerprint density at radius 1 is 1.25 bits per heavy atom. The zero-order chi connectivity index (χ0) is 22.5. The van der Waals surface area contributed by atoms with Crippen molar-refractivity contribution in [2.75, 3.05) is 16.8 Å². The van der Waals surface area contributed by atoms with Crippen molar-refractivity contribution in [2.45, 2.75) is 46.1 Å². The first kappa shape index (κ1) is 20.2. The zero-order valence-electron chi connectivity index (χ0n) is 18.7. The van der Waals surface area contributed by atoms with Crippen LogP contribution in [-0.4, -0.2) is 32.8 Å². The second kappa shape index (κ2) is 7.47. The summed E-state index contributed by atoms with van der Waals surface area (Å²) in [6.07, 6.45) is 2.82. The van der Waals surface area contributed by atoms with Crippen LogP contribution < -0.4 is 10.2 Å². The summed E-state index contributed by atoms with van der Waals surface area (Å²) in [5.74, 6) is 0.948. The molecule has 0 bridgehead atoms. The predicted molar refractivity (Wildman–Crippen MR) is 123 cm³/mol. The zero-order valence-corrected chi connectivity index (χ0v) is 18.7. The lowest BCUT2D eigenvalue weighted by atomic mass is 9.93. The van der Waals surface area contributed by atoms with Crippen molar-refractivity contribution in [3.63, 3.8) is 0 Å². The van der Waals surface area contributed by atoms with Gasteiger partial charge in [-0.15, -0.1) is 0 Å². The molecule has 3 aromatic heterocycles. The van der Waals surface area contributed by atoms with Gasteiger partial charge < -0.3 is 14.7 Å². The maximum absolute atomic E-state index is 12.9. The normalized spacial score (nSPS) is 13.6. The summed E-state index contributed by atoms with van der Waals surface area (Å²) in [6, 6.07) is 9.77. The van der Waals surface area contributed by atoms with E-state index in [-0.39, 0.29) is 11.3 Å². The molecule has 1 aliphatic rings. The molecule has 0 saturated carbocycles.